The smallest absolute Gasteiger partial charge is 0.227 e. The van der Waals surface area contributed by atoms with E-state index < -0.39 is 0 Å². The number of rotatable bonds is 4. The lowest BCUT2D eigenvalue weighted by molar-refractivity contribution is 0.270. The van der Waals surface area contributed by atoms with Crippen molar-refractivity contribution in [2.45, 2.75) is 13.8 Å². The fourth-order valence-corrected chi connectivity index (χ4v) is 2.83. The Morgan fingerprint density at radius 3 is 2.43 bits per heavy atom. The van der Waals surface area contributed by atoms with Crippen LogP contribution in [0.5, 0.6) is 0 Å². The lowest BCUT2D eigenvalue weighted by Gasteiger charge is -2.34. The molecule has 1 aromatic heterocycles. The monoisotopic (exact) mass is 331 g/mol. The maximum absolute atomic E-state index is 5.93. The first-order valence-corrected chi connectivity index (χ1v) is 8.37. The molecule has 0 saturated carbocycles. The maximum Gasteiger partial charge on any atom is 0.227 e. The molecule has 2 heterocycles. The third-order valence-electron chi connectivity index (χ3n) is 4.06. The van der Waals surface area contributed by atoms with Gasteiger partial charge in [-0.25, -0.2) is 4.98 Å². The second kappa shape index (κ2) is 7.15. The van der Waals surface area contributed by atoms with Crippen LogP contribution in [0.3, 0.4) is 0 Å². The summed E-state index contributed by atoms with van der Waals surface area (Å²) in [5.41, 5.74) is 1.93. The number of aromatic nitrogens is 2. The van der Waals surface area contributed by atoms with Crippen LogP contribution in [0.1, 0.15) is 12.6 Å². The molecule has 1 N–H and O–H groups in total. The van der Waals surface area contributed by atoms with Crippen molar-refractivity contribution in [3.8, 4) is 0 Å². The van der Waals surface area contributed by atoms with E-state index in [9.17, 15) is 0 Å². The molecule has 1 aliphatic heterocycles. The number of benzene rings is 1. The molecule has 0 aliphatic carbocycles. The first-order chi connectivity index (χ1) is 11.1. The highest BCUT2D eigenvalue weighted by Crippen LogP contribution is 2.20. The number of hydrogen-bond donors (Lipinski definition) is 1. The van der Waals surface area contributed by atoms with Crippen LogP contribution in [0.15, 0.2) is 30.3 Å². The quantitative estimate of drug-likeness (QED) is 0.931. The lowest BCUT2D eigenvalue weighted by Crippen LogP contribution is -2.46. The molecule has 0 radical (unpaired) electrons. The Kier molecular flexibility index (Phi) is 4.98. The second-order valence-corrected chi connectivity index (χ2v) is 6.18. The number of hydrogen-bond acceptors (Lipinski definition) is 5. The van der Waals surface area contributed by atoms with Crippen molar-refractivity contribution in [3.05, 3.63) is 41.0 Å². The van der Waals surface area contributed by atoms with Crippen LogP contribution in [-0.2, 0) is 0 Å². The molecule has 5 nitrogen and oxygen atoms in total. The average molecular weight is 332 g/mol. The number of nitrogens with one attached hydrogen (secondary N) is 1. The molecule has 1 aromatic carbocycles. The summed E-state index contributed by atoms with van der Waals surface area (Å²) in [6, 6.07) is 9.57. The maximum atomic E-state index is 5.93. The van der Waals surface area contributed by atoms with Crippen molar-refractivity contribution in [2.75, 3.05) is 42.9 Å². The standard InChI is InChI=1S/C17H22ClN5/c1-3-22-8-10-23(11-9-22)17-19-13(2)12-16(21-17)20-15-6-4-14(18)5-7-15/h4-7,12H,3,8-11H2,1-2H3,(H,19,20,21). The molecule has 0 atom stereocenters. The van der Waals surface area contributed by atoms with Gasteiger partial charge >= 0.3 is 0 Å². The topological polar surface area (TPSA) is 44.3 Å². The molecule has 1 fully saturated rings. The lowest BCUT2D eigenvalue weighted by atomic mass is 10.3. The van der Waals surface area contributed by atoms with Gasteiger partial charge in [0.05, 0.1) is 0 Å². The van der Waals surface area contributed by atoms with E-state index in [-0.39, 0.29) is 0 Å². The van der Waals surface area contributed by atoms with Crippen LogP contribution in [0, 0.1) is 6.92 Å². The van der Waals surface area contributed by atoms with Crippen LogP contribution in [0.4, 0.5) is 17.5 Å². The summed E-state index contributed by atoms with van der Waals surface area (Å²) in [7, 11) is 0. The Hall–Kier alpha value is -1.85. The number of anilines is 3. The van der Waals surface area contributed by atoms with Crippen LogP contribution < -0.4 is 10.2 Å². The van der Waals surface area contributed by atoms with Gasteiger partial charge in [0, 0.05) is 48.6 Å². The van der Waals surface area contributed by atoms with E-state index in [1.165, 1.54) is 0 Å². The summed E-state index contributed by atoms with van der Waals surface area (Å²) in [5, 5.41) is 4.05. The highest BCUT2D eigenvalue weighted by atomic mass is 35.5. The normalized spacial score (nSPS) is 15.7. The molecular weight excluding hydrogens is 310 g/mol. The van der Waals surface area contributed by atoms with Crippen LogP contribution in [0.2, 0.25) is 5.02 Å². The molecule has 0 spiro atoms. The van der Waals surface area contributed by atoms with Crippen molar-refractivity contribution in [2.24, 2.45) is 0 Å². The predicted molar refractivity (Wildman–Crippen MR) is 95.8 cm³/mol. The first kappa shape index (κ1) is 16.0. The minimum absolute atomic E-state index is 0.726. The number of nitrogens with zero attached hydrogens (tertiary/aromatic N) is 4. The van der Waals surface area contributed by atoms with Gasteiger partial charge in [0.15, 0.2) is 0 Å². The number of likely N-dealkylation sites (N-methyl/N-ethyl adjacent to an activating group) is 1. The molecule has 1 aliphatic rings. The van der Waals surface area contributed by atoms with Crippen molar-refractivity contribution >= 4 is 29.1 Å². The van der Waals surface area contributed by atoms with E-state index in [2.05, 4.69) is 32.0 Å². The summed E-state index contributed by atoms with van der Waals surface area (Å²) in [4.78, 5) is 14.0. The predicted octanol–water partition coefficient (Wildman–Crippen LogP) is 3.32. The highest BCUT2D eigenvalue weighted by molar-refractivity contribution is 6.30. The van der Waals surface area contributed by atoms with Gasteiger partial charge in [0.25, 0.3) is 0 Å². The van der Waals surface area contributed by atoms with E-state index >= 15 is 0 Å². The Labute approximate surface area is 142 Å². The van der Waals surface area contributed by atoms with E-state index in [1.807, 2.05) is 37.3 Å². The van der Waals surface area contributed by atoms with Gasteiger partial charge in [-0.2, -0.15) is 4.98 Å². The van der Waals surface area contributed by atoms with Crippen LogP contribution >= 0.6 is 11.6 Å². The zero-order valence-corrected chi connectivity index (χ0v) is 14.3. The van der Waals surface area contributed by atoms with Gasteiger partial charge in [-0.05, 0) is 37.7 Å². The number of halogens is 1. The van der Waals surface area contributed by atoms with Gasteiger partial charge in [-0.1, -0.05) is 18.5 Å². The van der Waals surface area contributed by atoms with Crippen molar-refractivity contribution in [3.63, 3.8) is 0 Å². The molecule has 0 bridgehead atoms. The molecule has 122 valence electrons. The van der Waals surface area contributed by atoms with E-state index in [0.29, 0.717) is 0 Å². The largest absolute Gasteiger partial charge is 0.340 e. The zero-order chi connectivity index (χ0) is 16.2. The molecule has 0 amide bonds. The van der Waals surface area contributed by atoms with Crippen molar-refractivity contribution < 1.29 is 0 Å². The Balaban J connectivity index is 1.75. The van der Waals surface area contributed by atoms with Gasteiger partial charge in [-0.3, -0.25) is 0 Å². The SMILES string of the molecule is CCN1CCN(c2nc(C)cc(Nc3ccc(Cl)cc3)n2)CC1. The fourth-order valence-electron chi connectivity index (χ4n) is 2.70. The zero-order valence-electron chi connectivity index (χ0n) is 13.6. The third-order valence-corrected chi connectivity index (χ3v) is 4.31. The van der Waals surface area contributed by atoms with E-state index in [0.717, 1.165) is 60.9 Å². The van der Waals surface area contributed by atoms with Gasteiger partial charge < -0.3 is 15.1 Å². The molecular formula is C17H22ClN5. The molecule has 0 unspecified atom stereocenters. The second-order valence-electron chi connectivity index (χ2n) is 5.75. The van der Waals surface area contributed by atoms with Crippen LogP contribution in [-0.4, -0.2) is 47.6 Å². The molecule has 1 saturated heterocycles. The summed E-state index contributed by atoms with van der Waals surface area (Å²) < 4.78 is 0. The Morgan fingerprint density at radius 1 is 1.09 bits per heavy atom. The Morgan fingerprint density at radius 2 is 1.78 bits per heavy atom. The molecule has 3 rings (SSSR count). The molecule has 23 heavy (non-hydrogen) atoms. The molecule has 6 heteroatoms. The summed E-state index contributed by atoms with van der Waals surface area (Å²) in [5.74, 6) is 1.62. The van der Waals surface area contributed by atoms with Crippen LogP contribution in [0.25, 0.3) is 0 Å². The Bertz CT molecular complexity index is 651. The average Bonchev–Trinajstić information content (AvgIpc) is 2.56. The highest BCUT2D eigenvalue weighted by Gasteiger charge is 2.18. The van der Waals surface area contributed by atoms with Gasteiger partial charge in [0.1, 0.15) is 5.82 Å². The minimum Gasteiger partial charge on any atom is -0.340 e. The fraction of sp³-hybridized carbons (Fsp3) is 0.412. The van der Waals surface area contributed by atoms with E-state index in [4.69, 9.17) is 11.6 Å². The summed E-state index contributed by atoms with van der Waals surface area (Å²) >= 11 is 5.93. The number of piperazine rings is 1. The van der Waals surface area contributed by atoms with E-state index in [1.54, 1.807) is 0 Å². The van der Waals surface area contributed by atoms with Gasteiger partial charge in [-0.15, -0.1) is 0 Å². The summed E-state index contributed by atoms with van der Waals surface area (Å²) in [6.45, 7) is 9.37. The first-order valence-electron chi connectivity index (χ1n) is 7.99. The third kappa shape index (κ3) is 4.12. The van der Waals surface area contributed by atoms with Crippen molar-refractivity contribution in [1.82, 2.24) is 14.9 Å². The molecule has 2 aromatic rings. The van der Waals surface area contributed by atoms with Crippen molar-refractivity contribution in [1.29, 1.82) is 0 Å². The van der Waals surface area contributed by atoms with Gasteiger partial charge in [0.2, 0.25) is 5.95 Å². The minimum atomic E-state index is 0.726. The number of aryl methyl sites for hydroxylation is 1. The summed E-state index contributed by atoms with van der Waals surface area (Å²) in [6.07, 6.45) is 0.